The molecule has 17 heavy (non-hydrogen) atoms. The van der Waals surface area contributed by atoms with E-state index in [2.05, 4.69) is 22.9 Å². The van der Waals surface area contributed by atoms with Gasteiger partial charge in [0.2, 0.25) is 0 Å². The quantitative estimate of drug-likeness (QED) is 0.808. The summed E-state index contributed by atoms with van der Waals surface area (Å²) in [5, 5.41) is 0.640. The molecule has 0 aliphatic carbocycles. The molecule has 0 aromatic heterocycles. The van der Waals surface area contributed by atoms with Crippen LogP contribution in [0.1, 0.15) is 30.1 Å². The fraction of sp³-hybridized carbons (Fsp3) is 0.462. The lowest BCUT2D eigenvalue weighted by Gasteiger charge is -2.17. The standard InChI is InChI=1S/C13H15BrClNO/c1-2-9-5-6-16(8-9)13(17)11-4-3-10(15)7-12(11)14/h3-4,7,9H,2,5-6,8H2,1H3. The number of hydrogen-bond acceptors (Lipinski definition) is 1. The molecule has 1 saturated heterocycles. The van der Waals surface area contributed by atoms with Gasteiger partial charge in [-0.3, -0.25) is 4.79 Å². The Morgan fingerprint density at radius 3 is 2.94 bits per heavy atom. The summed E-state index contributed by atoms with van der Waals surface area (Å²) in [5.41, 5.74) is 0.700. The number of halogens is 2. The van der Waals surface area contributed by atoms with Crippen LogP contribution in [0.4, 0.5) is 0 Å². The number of hydrogen-bond donors (Lipinski definition) is 0. The van der Waals surface area contributed by atoms with Crippen LogP contribution >= 0.6 is 27.5 Å². The lowest BCUT2D eigenvalue weighted by atomic mass is 10.1. The molecule has 1 heterocycles. The molecule has 0 bridgehead atoms. The van der Waals surface area contributed by atoms with Crippen LogP contribution < -0.4 is 0 Å². The first kappa shape index (κ1) is 12.9. The molecule has 2 rings (SSSR count). The van der Waals surface area contributed by atoms with Crippen molar-refractivity contribution in [3.63, 3.8) is 0 Å². The van der Waals surface area contributed by atoms with Crippen LogP contribution in [0, 0.1) is 5.92 Å². The molecule has 2 nitrogen and oxygen atoms in total. The Hall–Kier alpha value is -0.540. The summed E-state index contributed by atoms with van der Waals surface area (Å²) in [6, 6.07) is 5.31. The predicted octanol–water partition coefficient (Wildman–Crippen LogP) is 3.97. The zero-order valence-electron chi connectivity index (χ0n) is 9.75. The van der Waals surface area contributed by atoms with Gasteiger partial charge in [0, 0.05) is 22.6 Å². The summed E-state index contributed by atoms with van der Waals surface area (Å²) in [5.74, 6) is 0.759. The number of nitrogens with zero attached hydrogens (tertiary/aromatic N) is 1. The van der Waals surface area contributed by atoms with E-state index in [1.807, 2.05) is 4.90 Å². The van der Waals surface area contributed by atoms with Gasteiger partial charge in [-0.05, 0) is 46.5 Å². The fourth-order valence-electron chi connectivity index (χ4n) is 2.18. The number of benzene rings is 1. The number of amides is 1. The zero-order chi connectivity index (χ0) is 12.4. The van der Waals surface area contributed by atoms with Crippen LogP contribution in [-0.2, 0) is 0 Å². The SMILES string of the molecule is CCC1CCN(C(=O)c2ccc(Cl)cc2Br)C1. The highest BCUT2D eigenvalue weighted by molar-refractivity contribution is 9.10. The highest BCUT2D eigenvalue weighted by Crippen LogP contribution is 2.26. The van der Waals surface area contributed by atoms with Crippen molar-refractivity contribution in [1.29, 1.82) is 0 Å². The summed E-state index contributed by atoms with van der Waals surface area (Å²) in [6.07, 6.45) is 2.26. The summed E-state index contributed by atoms with van der Waals surface area (Å²) in [4.78, 5) is 14.2. The largest absolute Gasteiger partial charge is 0.338 e. The van der Waals surface area contributed by atoms with Crippen molar-refractivity contribution in [1.82, 2.24) is 4.90 Å². The molecule has 1 aromatic rings. The van der Waals surface area contributed by atoms with Crippen LogP contribution in [0.15, 0.2) is 22.7 Å². The topological polar surface area (TPSA) is 20.3 Å². The third kappa shape index (κ3) is 2.83. The van der Waals surface area contributed by atoms with Gasteiger partial charge in [0.05, 0.1) is 5.56 Å². The van der Waals surface area contributed by atoms with Gasteiger partial charge >= 0.3 is 0 Å². The van der Waals surface area contributed by atoms with Crippen LogP contribution in [0.25, 0.3) is 0 Å². The molecule has 0 N–H and O–H groups in total. The third-order valence-corrected chi connectivity index (χ3v) is 4.20. The molecule has 1 aliphatic heterocycles. The summed E-state index contributed by atoms with van der Waals surface area (Å²) < 4.78 is 0.773. The Kier molecular flexibility index (Phi) is 4.10. The van der Waals surface area contributed by atoms with Crippen LogP contribution in [0.2, 0.25) is 5.02 Å². The first-order valence-electron chi connectivity index (χ1n) is 5.86. The number of carbonyl (C=O) groups excluding carboxylic acids is 1. The van der Waals surface area contributed by atoms with Gasteiger partial charge in [-0.2, -0.15) is 0 Å². The molecule has 4 heteroatoms. The minimum atomic E-state index is 0.101. The highest BCUT2D eigenvalue weighted by atomic mass is 79.9. The number of carbonyl (C=O) groups is 1. The van der Waals surface area contributed by atoms with E-state index in [1.54, 1.807) is 18.2 Å². The Morgan fingerprint density at radius 2 is 2.35 bits per heavy atom. The van der Waals surface area contributed by atoms with Gasteiger partial charge in [-0.1, -0.05) is 24.9 Å². The maximum absolute atomic E-state index is 12.3. The Labute approximate surface area is 115 Å². The highest BCUT2D eigenvalue weighted by Gasteiger charge is 2.26. The molecule has 0 radical (unpaired) electrons. The minimum Gasteiger partial charge on any atom is -0.338 e. The van der Waals surface area contributed by atoms with Gasteiger partial charge in [0.1, 0.15) is 0 Å². The van der Waals surface area contributed by atoms with Crippen molar-refractivity contribution in [2.75, 3.05) is 13.1 Å². The van der Waals surface area contributed by atoms with E-state index >= 15 is 0 Å². The molecular formula is C13H15BrClNO. The van der Waals surface area contributed by atoms with Gasteiger partial charge in [0.25, 0.3) is 5.91 Å². The molecule has 1 aliphatic rings. The molecule has 1 unspecified atom stereocenters. The average molecular weight is 317 g/mol. The van der Waals surface area contributed by atoms with Crippen molar-refractivity contribution in [3.8, 4) is 0 Å². The summed E-state index contributed by atoms with van der Waals surface area (Å²) in [7, 11) is 0. The van der Waals surface area contributed by atoms with E-state index in [0.29, 0.717) is 16.5 Å². The van der Waals surface area contributed by atoms with Crippen molar-refractivity contribution in [3.05, 3.63) is 33.3 Å². The third-order valence-electron chi connectivity index (χ3n) is 3.31. The average Bonchev–Trinajstić information content (AvgIpc) is 2.76. The molecule has 1 aromatic carbocycles. The van der Waals surface area contributed by atoms with E-state index in [4.69, 9.17) is 11.6 Å². The van der Waals surface area contributed by atoms with Crippen LogP contribution in [0.3, 0.4) is 0 Å². The lowest BCUT2D eigenvalue weighted by Crippen LogP contribution is -2.28. The van der Waals surface area contributed by atoms with Gasteiger partial charge in [-0.25, -0.2) is 0 Å². The van der Waals surface area contributed by atoms with Gasteiger partial charge in [0.15, 0.2) is 0 Å². The fourth-order valence-corrected chi connectivity index (χ4v) is 3.04. The van der Waals surface area contributed by atoms with E-state index in [0.717, 1.165) is 30.4 Å². The summed E-state index contributed by atoms with van der Waals surface area (Å²) in [6.45, 7) is 3.92. The summed E-state index contributed by atoms with van der Waals surface area (Å²) >= 11 is 9.27. The molecule has 0 spiro atoms. The van der Waals surface area contributed by atoms with E-state index in [9.17, 15) is 4.79 Å². The van der Waals surface area contributed by atoms with Crippen LogP contribution in [0.5, 0.6) is 0 Å². The van der Waals surface area contributed by atoms with Gasteiger partial charge < -0.3 is 4.90 Å². The zero-order valence-corrected chi connectivity index (χ0v) is 12.1. The smallest absolute Gasteiger partial charge is 0.255 e. The predicted molar refractivity (Wildman–Crippen MR) is 73.5 cm³/mol. The first-order valence-corrected chi connectivity index (χ1v) is 7.03. The second-order valence-electron chi connectivity index (χ2n) is 4.44. The monoisotopic (exact) mass is 315 g/mol. The Bertz CT molecular complexity index is 435. The van der Waals surface area contributed by atoms with E-state index < -0.39 is 0 Å². The van der Waals surface area contributed by atoms with Crippen molar-refractivity contribution in [2.45, 2.75) is 19.8 Å². The maximum atomic E-state index is 12.3. The number of rotatable bonds is 2. The molecular weight excluding hydrogens is 302 g/mol. The van der Waals surface area contributed by atoms with Crippen molar-refractivity contribution < 1.29 is 4.79 Å². The van der Waals surface area contributed by atoms with Crippen LogP contribution in [-0.4, -0.2) is 23.9 Å². The number of likely N-dealkylation sites (tertiary alicyclic amines) is 1. The second-order valence-corrected chi connectivity index (χ2v) is 5.73. The molecule has 1 atom stereocenters. The lowest BCUT2D eigenvalue weighted by molar-refractivity contribution is 0.0786. The Balaban J connectivity index is 2.15. The molecule has 0 saturated carbocycles. The normalized spacial score (nSPS) is 19.7. The van der Waals surface area contributed by atoms with E-state index in [-0.39, 0.29) is 5.91 Å². The second kappa shape index (κ2) is 5.40. The molecule has 1 amide bonds. The minimum absolute atomic E-state index is 0.101. The molecule has 92 valence electrons. The van der Waals surface area contributed by atoms with Gasteiger partial charge in [-0.15, -0.1) is 0 Å². The molecule has 1 fully saturated rings. The van der Waals surface area contributed by atoms with Crippen molar-refractivity contribution in [2.24, 2.45) is 5.92 Å². The first-order chi connectivity index (χ1) is 8.11. The van der Waals surface area contributed by atoms with E-state index in [1.165, 1.54) is 0 Å². The maximum Gasteiger partial charge on any atom is 0.255 e. The van der Waals surface area contributed by atoms with Crippen molar-refractivity contribution >= 4 is 33.4 Å². The Morgan fingerprint density at radius 1 is 1.59 bits per heavy atom.